The van der Waals surface area contributed by atoms with E-state index in [9.17, 15) is 31.5 Å². The van der Waals surface area contributed by atoms with E-state index in [1.807, 2.05) is 30.3 Å². The number of anilines is 2. The predicted molar refractivity (Wildman–Crippen MR) is 168 cm³/mol. The van der Waals surface area contributed by atoms with E-state index in [0.717, 1.165) is 28.3 Å². The van der Waals surface area contributed by atoms with Gasteiger partial charge in [0.25, 0.3) is 5.91 Å². The van der Waals surface area contributed by atoms with Gasteiger partial charge >= 0.3 is 6.18 Å². The van der Waals surface area contributed by atoms with Crippen molar-refractivity contribution in [2.75, 3.05) is 17.1 Å². The van der Waals surface area contributed by atoms with E-state index < -0.39 is 33.4 Å². The summed E-state index contributed by atoms with van der Waals surface area (Å²) in [6.45, 7) is -0.0366. The third-order valence-corrected chi connectivity index (χ3v) is 8.28. The Hall–Kier alpha value is -3.71. The lowest BCUT2D eigenvalue weighted by atomic mass is 9.98. The van der Waals surface area contributed by atoms with Crippen LogP contribution in [0.5, 0.6) is 0 Å². The van der Waals surface area contributed by atoms with Crippen LogP contribution in [-0.4, -0.2) is 38.0 Å². The van der Waals surface area contributed by atoms with E-state index in [-0.39, 0.29) is 37.2 Å². The van der Waals surface area contributed by atoms with Gasteiger partial charge in [-0.15, -0.1) is 0 Å². The summed E-state index contributed by atoms with van der Waals surface area (Å²) < 4.78 is 66.6. The number of nitrogens with zero attached hydrogens (tertiary/aromatic N) is 1. The van der Waals surface area contributed by atoms with Crippen molar-refractivity contribution in [3.63, 3.8) is 0 Å². The number of amides is 1. The lowest BCUT2D eigenvalue weighted by molar-refractivity contribution is -0.137. The molecule has 1 unspecified atom stereocenters. The van der Waals surface area contributed by atoms with Crippen molar-refractivity contribution < 1.29 is 31.5 Å². The zero-order valence-corrected chi connectivity index (χ0v) is 26.1. The maximum Gasteiger partial charge on any atom is 0.416 e. The second-order valence-corrected chi connectivity index (χ2v) is 13.1. The predicted octanol–water partition coefficient (Wildman–Crippen LogP) is 6.41. The van der Waals surface area contributed by atoms with Crippen LogP contribution in [0.4, 0.5) is 24.5 Å². The molecule has 3 N–H and O–H groups in total. The number of sulfonamides is 1. The van der Waals surface area contributed by atoms with Gasteiger partial charge in [0.1, 0.15) is 5.72 Å². The van der Waals surface area contributed by atoms with E-state index in [2.05, 4.69) is 26.6 Å². The van der Waals surface area contributed by atoms with Gasteiger partial charge in [-0.2, -0.15) is 13.2 Å². The summed E-state index contributed by atoms with van der Waals surface area (Å²) in [7, 11) is -3.76. The summed E-state index contributed by atoms with van der Waals surface area (Å²) >= 11 is 3.36. The summed E-state index contributed by atoms with van der Waals surface area (Å²) in [5.41, 5.74) is -0.402. The van der Waals surface area contributed by atoms with Crippen LogP contribution in [0.25, 0.3) is 0 Å². The van der Waals surface area contributed by atoms with Crippen molar-refractivity contribution >= 4 is 43.2 Å². The fourth-order valence-corrected chi connectivity index (χ4v) is 6.17. The first-order valence-electron chi connectivity index (χ1n) is 13.6. The molecule has 7 nitrogen and oxygen atoms in total. The van der Waals surface area contributed by atoms with Gasteiger partial charge in [0.2, 0.25) is 10.0 Å². The van der Waals surface area contributed by atoms with Gasteiger partial charge in [-0.3, -0.25) is 10.1 Å². The van der Waals surface area contributed by atoms with E-state index >= 15 is 0 Å². The number of carbonyl (C=O) groups is 1. The SMILES string of the molecule is CS(=O)(=O)N(c1ccccc1)c1cc(Br)cc(C(=O)NCCC(O)(Cc2ccccc2)NCc2cccc(C(F)(F)F)c2)c1. The molecule has 0 spiro atoms. The highest BCUT2D eigenvalue weighted by Crippen LogP contribution is 2.32. The standard InChI is InChI=1S/C32H31BrF3N3O4S/c1-44(42,43)39(28-13-6-3-7-14-28)29-19-25(18-27(33)20-29)30(40)37-16-15-31(41,21-23-9-4-2-5-10-23)38-22-24-11-8-12-26(17-24)32(34,35)36/h2-14,17-20,38,41H,15-16,21-22H2,1H3,(H,37,40). The van der Waals surface area contributed by atoms with Crippen LogP contribution in [0.15, 0.2) is 108 Å². The van der Waals surface area contributed by atoms with Gasteiger partial charge in [0.05, 0.1) is 23.2 Å². The summed E-state index contributed by atoms with van der Waals surface area (Å²) in [5, 5.41) is 17.3. The molecule has 1 amide bonds. The molecule has 0 fully saturated rings. The normalized spacial score (nSPS) is 13.2. The van der Waals surface area contributed by atoms with Gasteiger partial charge in [-0.25, -0.2) is 12.7 Å². The van der Waals surface area contributed by atoms with Crippen molar-refractivity contribution in [2.45, 2.75) is 31.3 Å². The molecule has 0 bridgehead atoms. The molecule has 4 rings (SSSR count). The molecule has 0 radical (unpaired) electrons. The highest BCUT2D eigenvalue weighted by Gasteiger charge is 2.31. The number of hydrogen-bond acceptors (Lipinski definition) is 5. The Morgan fingerprint density at radius 2 is 1.50 bits per heavy atom. The molecule has 0 aromatic heterocycles. The molecule has 232 valence electrons. The molecular weight excluding hydrogens is 659 g/mol. The van der Waals surface area contributed by atoms with Gasteiger partial charge in [-0.1, -0.05) is 82.7 Å². The third kappa shape index (κ3) is 9.15. The Labute approximate surface area is 262 Å². The zero-order valence-electron chi connectivity index (χ0n) is 23.7. The van der Waals surface area contributed by atoms with Crippen LogP contribution in [0, 0.1) is 0 Å². The van der Waals surface area contributed by atoms with Crippen LogP contribution in [0.1, 0.15) is 33.5 Å². The number of alkyl halides is 3. The summed E-state index contributed by atoms with van der Waals surface area (Å²) in [4.78, 5) is 13.2. The van der Waals surface area contributed by atoms with E-state index in [1.165, 1.54) is 18.2 Å². The van der Waals surface area contributed by atoms with Crippen LogP contribution in [0.3, 0.4) is 0 Å². The molecular formula is C32H31BrF3N3O4S. The topological polar surface area (TPSA) is 98.7 Å². The summed E-state index contributed by atoms with van der Waals surface area (Å²) in [6, 6.07) is 27.0. The van der Waals surface area contributed by atoms with Crippen molar-refractivity contribution in [1.29, 1.82) is 0 Å². The minimum absolute atomic E-state index is 0.00802. The molecule has 0 saturated heterocycles. The number of aliphatic hydroxyl groups is 1. The Bertz CT molecular complexity index is 1690. The number of rotatable bonds is 12. The monoisotopic (exact) mass is 689 g/mol. The van der Waals surface area contributed by atoms with Crippen molar-refractivity contribution in [1.82, 2.24) is 10.6 Å². The molecule has 12 heteroatoms. The molecule has 0 aliphatic heterocycles. The minimum Gasteiger partial charge on any atom is -0.375 e. The van der Waals surface area contributed by atoms with Gasteiger partial charge < -0.3 is 10.4 Å². The molecule has 0 aliphatic rings. The maximum absolute atomic E-state index is 13.2. The average Bonchev–Trinajstić information content (AvgIpc) is 2.96. The lowest BCUT2D eigenvalue weighted by Crippen LogP contribution is -2.49. The molecule has 44 heavy (non-hydrogen) atoms. The second kappa shape index (κ2) is 13.9. The first kappa shape index (κ1) is 33.2. The molecule has 4 aromatic rings. The van der Waals surface area contributed by atoms with Crippen LogP contribution in [-0.2, 0) is 29.2 Å². The van der Waals surface area contributed by atoms with Crippen molar-refractivity contribution in [3.05, 3.63) is 130 Å². The number of nitrogens with one attached hydrogen (secondary N) is 2. The van der Waals surface area contributed by atoms with Crippen LogP contribution >= 0.6 is 15.9 Å². The number of carbonyl (C=O) groups excluding carboxylic acids is 1. The zero-order chi connectivity index (χ0) is 32.0. The minimum atomic E-state index is -4.49. The fourth-order valence-electron chi connectivity index (χ4n) is 4.70. The van der Waals surface area contributed by atoms with Crippen LogP contribution < -0.4 is 14.9 Å². The summed E-state index contributed by atoms with van der Waals surface area (Å²) in [5.74, 6) is -0.506. The second-order valence-electron chi connectivity index (χ2n) is 10.3. The molecule has 4 aromatic carbocycles. The Kier molecular flexibility index (Phi) is 10.5. The first-order valence-corrected chi connectivity index (χ1v) is 16.2. The van der Waals surface area contributed by atoms with E-state index in [4.69, 9.17) is 0 Å². The maximum atomic E-state index is 13.2. The smallest absolute Gasteiger partial charge is 0.375 e. The molecule has 0 saturated carbocycles. The highest BCUT2D eigenvalue weighted by atomic mass is 79.9. The Morgan fingerprint density at radius 1 is 0.864 bits per heavy atom. The Balaban J connectivity index is 1.50. The molecule has 1 atom stereocenters. The van der Waals surface area contributed by atoms with E-state index in [1.54, 1.807) is 42.5 Å². The Morgan fingerprint density at radius 3 is 2.14 bits per heavy atom. The van der Waals surface area contributed by atoms with Crippen molar-refractivity contribution in [3.8, 4) is 0 Å². The third-order valence-electron chi connectivity index (χ3n) is 6.74. The molecule has 0 aliphatic carbocycles. The van der Waals surface area contributed by atoms with Gasteiger partial charge in [-0.05, 0) is 47.5 Å². The first-order chi connectivity index (χ1) is 20.7. The quantitative estimate of drug-likeness (QED) is 0.150. The number of halogens is 4. The van der Waals surface area contributed by atoms with E-state index in [0.29, 0.717) is 15.7 Å². The number of benzene rings is 4. The lowest BCUT2D eigenvalue weighted by Gasteiger charge is -2.30. The van der Waals surface area contributed by atoms with Crippen LogP contribution in [0.2, 0.25) is 0 Å². The summed E-state index contributed by atoms with van der Waals surface area (Å²) in [6.07, 6.45) is -3.27. The molecule has 0 heterocycles. The highest BCUT2D eigenvalue weighted by molar-refractivity contribution is 9.10. The van der Waals surface area contributed by atoms with Gasteiger partial charge in [0, 0.05) is 36.0 Å². The van der Waals surface area contributed by atoms with Gasteiger partial charge in [0.15, 0.2) is 0 Å². The van der Waals surface area contributed by atoms with Crippen molar-refractivity contribution in [2.24, 2.45) is 0 Å². The number of para-hydroxylation sites is 1. The average molecular weight is 691 g/mol. The fraction of sp³-hybridized carbons (Fsp3) is 0.219. The number of hydrogen-bond donors (Lipinski definition) is 3. The largest absolute Gasteiger partial charge is 0.416 e.